The van der Waals surface area contributed by atoms with Gasteiger partial charge in [-0.3, -0.25) is 14.2 Å². The van der Waals surface area contributed by atoms with E-state index in [2.05, 4.69) is 26.0 Å². The first-order valence-electron chi connectivity index (χ1n) is 19.9. The summed E-state index contributed by atoms with van der Waals surface area (Å²) in [5.41, 5.74) is 0. The molecule has 0 spiro atoms. The minimum atomic E-state index is -4.61. The topological polar surface area (TPSA) is 111 Å². The van der Waals surface area contributed by atoms with Crippen molar-refractivity contribution in [1.29, 1.82) is 0 Å². The van der Waals surface area contributed by atoms with Crippen molar-refractivity contribution in [3.63, 3.8) is 0 Å². The van der Waals surface area contributed by atoms with Crippen molar-refractivity contribution in [2.24, 2.45) is 0 Å². The van der Waals surface area contributed by atoms with Gasteiger partial charge in [0.15, 0.2) is 6.10 Å². The summed E-state index contributed by atoms with van der Waals surface area (Å²) in [6.07, 6.45) is 31.0. The van der Waals surface area contributed by atoms with Gasteiger partial charge in [0.25, 0.3) is 7.82 Å². The summed E-state index contributed by atoms with van der Waals surface area (Å²) in [7, 11) is 1.16. The lowest BCUT2D eigenvalue weighted by molar-refractivity contribution is -0.870. The molecule has 0 aromatic heterocycles. The molecule has 0 aromatic carbocycles. The SMILES string of the molecule is CCCCCCCCC/C=C\CCCCCCCC(=O)O[C@H](COC(=O)CCCCCCCCCCC)COP(=O)([O-])OCC[N+](C)(C)C. The van der Waals surface area contributed by atoms with E-state index in [4.69, 9.17) is 18.5 Å². The number of carbonyl (C=O) groups excluding carboxylic acids is 2. The molecule has 0 aromatic rings. The molecule has 49 heavy (non-hydrogen) atoms. The summed E-state index contributed by atoms with van der Waals surface area (Å²) in [6.45, 7) is 4.19. The molecule has 290 valence electrons. The van der Waals surface area contributed by atoms with E-state index in [0.29, 0.717) is 17.4 Å². The lowest BCUT2D eigenvalue weighted by atomic mass is 10.1. The van der Waals surface area contributed by atoms with Gasteiger partial charge in [-0.1, -0.05) is 135 Å². The van der Waals surface area contributed by atoms with E-state index < -0.39 is 26.5 Å². The number of hydrogen-bond acceptors (Lipinski definition) is 8. The van der Waals surface area contributed by atoms with Crippen LogP contribution in [0.15, 0.2) is 12.2 Å². The van der Waals surface area contributed by atoms with E-state index in [1.165, 1.54) is 89.9 Å². The molecule has 0 amide bonds. The zero-order chi connectivity index (χ0) is 36.5. The number of ether oxygens (including phenoxy) is 2. The van der Waals surface area contributed by atoms with Gasteiger partial charge in [0, 0.05) is 12.8 Å². The first-order valence-corrected chi connectivity index (χ1v) is 21.4. The molecule has 0 bridgehead atoms. The summed E-state index contributed by atoms with van der Waals surface area (Å²) in [4.78, 5) is 37.3. The van der Waals surface area contributed by atoms with Gasteiger partial charge in [-0.05, 0) is 38.5 Å². The highest BCUT2D eigenvalue weighted by Gasteiger charge is 2.21. The number of carbonyl (C=O) groups is 2. The van der Waals surface area contributed by atoms with Crippen molar-refractivity contribution in [3.8, 4) is 0 Å². The molecule has 0 saturated carbocycles. The Labute approximate surface area is 301 Å². The molecular formula is C39H76NO8P. The minimum absolute atomic E-state index is 0.0298. The number of allylic oxidation sites excluding steroid dienone is 2. The molecule has 10 heteroatoms. The van der Waals surface area contributed by atoms with Gasteiger partial charge < -0.3 is 27.9 Å². The van der Waals surface area contributed by atoms with Crippen molar-refractivity contribution in [2.45, 2.75) is 180 Å². The van der Waals surface area contributed by atoms with Crippen LogP contribution >= 0.6 is 7.82 Å². The molecule has 0 radical (unpaired) electrons. The molecular weight excluding hydrogens is 641 g/mol. The predicted molar refractivity (Wildman–Crippen MR) is 199 cm³/mol. The number of unbranched alkanes of at least 4 members (excludes halogenated alkanes) is 20. The molecule has 0 heterocycles. The second-order valence-corrected chi connectivity index (χ2v) is 16.1. The van der Waals surface area contributed by atoms with Crippen LogP contribution in [0.25, 0.3) is 0 Å². The maximum Gasteiger partial charge on any atom is 0.306 e. The number of rotatable bonds is 36. The standard InChI is InChI=1S/C39H76NO8P/c1-6-8-10-12-14-16-17-18-19-20-21-22-24-26-28-30-32-39(42)48-37(36-47-49(43,44)46-34-33-40(3,4)5)35-45-38(41)31-29-27-25-23-15-13-11-9-7-2/h19-20,37H,6-18,21-36H2,1-5H3/b20-19-/t37-/m1/s1. The van der Waals surface area contributed by atoms with Gasteiger partial charge >= 0.3 is 11.9 Å². The molecule has 9 nitrogen and oxygen atoms in total. The van der Waals surface area contributed by atoms with Crippen LogP contribution in [0, 0.1) is 0 Å². The monoisotopic (exact) mass is 718 g/mol. The summed E-state index contributed by atoms with van der Waals surface area (Å²) in [6, 6.07) is 0. The van der Waals surface area contributed by atoms with Gasteiger partial charge in [-0.15, -0.1) is 0 Å². The van der Waals surface area contributed by atoms with Crippen LogP contribution in [-0.4, -0.2) is 70.0 Å². The largest absolute Gasteiger partial charge is 0.756 e. The van der Waals surface area contributed by atoms with Crippen LogP contribution in [0.3, 0.4) is 0 Å². The summed E-state index contributed by atoms with van der Waals surface area (Å²) in [5.74, 6) is -0.843. The first-order chi connectivity index (χ1) is 23.5. The Morgan fingerprint density at radius 1 is 0.612 bits per heavy atom. The molecule has 0 aliphatic heterocycles. The Morgan fingerprint density at radius 2 is 1.04 bits per heavy atom. The number of hydrogen-bond donors (Lipinski definition) is 0. The van der Waals surface area contributed by atoms with Gasteiger partial charge in [0.1, 0.15) is 19.8 Å². The predicted octanol–water partition coefficient (Wildman–Crippen LogP) is 10.00. The summed E-state index contributed by atoms with van der Waals surface area (Å²) < 4.78 is 33.7. The average Bonchev–Trinajstić information content (AvgIpc) is 3.04. The van der Waals surface area contributed by atoms with Gasteiger partial charge in [-0.25, -0.2) is 0 Å². The van der Waals surface area contributed by atoms with Crippen LogP contribution in [0.2, 0.25) is 0 Å². The third-order valence-corrected chi connectivity index (χ3v) is 9.50. The van der Waals surface area contributed by atoms with Crippen molar-refractivity contribution >= 4 is 19.8 Å². The Hall–Kier alpha value is -1.25. The number of likely N-dealkylation sites (N-methyl/N-ethyl adjacent to an activating group) is 1. The van der Waals surface area contributed by atoms with Gasteiger partial charge in [-0.2, -0.15) is 0 Å². The number of phosphoric ester groups is 1. The highest BCUT2D eigenvalue weighted by Crippen LogP contribution is 2.38. The second-order valence-electron chi connectivity index (χ2n) is 14.7. The van der Waals surface area contributed by atoms with Crippen molar-refractivity contribution in [1.82, 2.24) is 0 Å². The number of nitrogens with zero attached hydrogens (tertiary/aromatic N) is 1. The summed E-state index contributed by atoms with van der Waals surface area (Å²) in [5, 5.41) is 0. The number of esters is 2. The zero-order valence-corrected chi connectivity index (χ0v) is 33.3. The lowest BCUT2D eigenvalue weighted by Crippen LogP contribution is -2.37. The molecule has 0 fully saturated rings. The number of quaternary nitrogens is 1. The molecule has 2 atom stereocenters. The molecule has 0 rings (SSSR count). The fourth-order valence-corrected chi connectivity index (χ4v) is 6.08. The minimum Gasteiger partial charge on any atom is -0.756 e. The maximum absolute atomic E-state index is 12.6. The second kappa shape index (κ2) is 32.6. The van der Waals surface area contributed by atoms with E-state index in [0.717, 1.165) is 51.4 Å². The van der Waals surface area contributed by atoms with Crippen molar-refractivity contribution in [2.75, 3.05) is 47.5 Å². The quantitative estimate of drug-likeness (QED) is 0.0207. The molecule has 0 aliphatic carbocycles. The van der Waals surface area contributed by atoms with Crippen molar-refractivity contribution < 1.29 is 42.1 Å². The maximum atomic E-state index is 12.6. The normalized spacial score (nSPS) is 13.8. The average molecular weight is 718 g/mol. The Bertz CT molecular complexity index is 860. The molecule has 0 aliphatic rings. The van der Waals surface area contributed by atoms with Crippen LogP contribution < -0.4 is 4.89 Å². The summed E-state index contributed by atoms with van der Waals surface area (Å²) >= 11 is 0. The van der Waals surface area contributed by atoms with Crippen LogP contribution in [0.1, 0.15) is 174 Å². The zero-order valence-electron chi connectivity index (χ0n) is 32.4. The number of phosphoric acid groups is 1. The van der Waals surface area contributed by atoms with E-state index in [-0.39, 0.29) is 32.0 Å². The highest BCUT2D eigenvalue weighted by atomic mass is 31.2. The van der Waals surface area contributed by atoms with E-state index >= 15 is 0 Å². The van der Waals surface area contributed by atoms with E-state index in [9.17, 15) is 19.0 Å². The fraction of sp³-hybridized carbons (Fsp3) is 0.897. The fourth-order valence-electron chi connectivity index (χ4n) is 5.35. The highest BCUT2D eigenvalue weighted by molar-refractivity contribution is 7.45. The first kappa shape index (κ1) is 47.8. The lowest BCUT2D eigenvalue weighted by Gasteiger charge is -2.28. The van der Waals surface area contributed by atoms with Crippen LogP contribution in [0.5, 0.6) is 0 Å². The van der Waals surface area contributed by atoms with Gasteiger partial charge in [0.2, 0.25) is 0 Å². The van der Waals surface area contributed by atoms with Gasteiger partial charge in [0.05, 0.1) is 27.7 Å². The Balaban J connectivity index is 4.39. The third kappa shape index (κ3) is 36.3. The van der Waals surface area contributed by atoms with E-state index in [1.807, 2.05) is 21.1 Å². The van der Waals surface area contributed by atoms with Crippen LogP contribution in [-0.2, 0) is 32.7 Å². The van der Waals surface area contributed by atoms with Crippen molar-refractivity contribution in [3.05, 3.63) is 12.2 Å². The van der Waals surface area contributed by atoms with Crippen LogP contribution in [0.4, 0.5) is 0 Å². The molecule has 1 unspecified atom stereocenters. The molecule has 0 saturated heterocycles. The smallest absolute Gasteiger partial charge is 0.306 e. The van der Waals surface area contributed by atoms with E-state index in [1.54, 1.807) is 0 Å². The Kier molecular flexibility index (Phi) is 31.8. The molecule has 0 N–H and O–H groups in total. The Morgan fingerprint density at radius 3 is 1.51 bits per heavy atom. The third-order valence-electron chi connectivity index (χ3n) is 8.54.